The van der Waals surface area contributed by atoms with E-state index in [4.69, 9.17) is 9.94 Å². The van der Waals surface area contributed by atoms with Gasteiger partial charge in [0.2, 0.25) is 0 Å². The zero-order valence-corrected chi connectivity index (χ0v) is 18.3. The number of morpholine rings is 1. The number of rotatable bonds is 7. The molecule has 1 heterocycles. The molecule has 0 saturated carbocycles. The van der Waals surface area contributed by atoms with Gasteiger partial charge in [-0.15, -0.1) is 0 Å². The molecule has 34 heavy (non-hydrogen) atoms. The van der Waals surface area contributed by atoms with Gasteiger partial charge >= 0.3 is 0 Å². The van der Waals surface area contributed by atoms with Crippen molar-refractivity contribution >= 4 is 11.6 Å². The van der Waals surface area contributed by atoms with Crippen LogP contribution in [0.4, 0.5) is 14.5 Å². The Morgan fingerprint density at radius 1 is 0.971 bits per heavy atom. The van der Waals surface area contributed by atoms with Crippen molar-refractivity contribution in [2.75, 3.05) is 31.2 Å². The monoisotopic (exact) mass is 469 g/mol. The van der Waals surface area contributed by atoms with Gasteiger partial charge in [-0.1, -0.05) is 24.3 Å². The maximum absolute atomic E-state index is 13.6. The molecule has 7 nitrogen and oxygen atoms in total. The number of amides is 1. The number of aliphatic hydroxyl groups excluding tert-OH is 1. The summed E-state index contributed by atoms with van der Waals surface area (Å²) in [7, 11) is 0. The molecule has 1 saturated heterocycles. The van der Waals surface area contributed by atoms with Crippen molar-refractivity contribution in [3.63, 3.8) is 0 Å². The Morgan fingerprint density at radius 2 is 1.59 bits per heavy atom. The third kappa shape index (κ3) is 5.57. The van der Waals surface area contributed by atoms with Gasteiger partial charge in [-0.3, -0.25) is 14.9 Å². The average molecular weight is 469 g/mol. The fourth-order valence-electron chi connectivity index (χ4n) is 3.90. The number of ether oxygens (including phenoxy) is 1. The summed E-state index contributed by atoms with van der Waals surface area (Å²) in [6, 6.07) is 17.1. The Labute approximate surface area is 195 Å². The first kappa shape index (κ1) is 23.8. The molecule has 1 atom stereocenters. The van der Waals surface area contributed by atoms with Crippen molar-refractivity contribution in [1.82, 2.24) is 10.4 Å². The summed E-state index contributed by atoms with van der Waals surface area (Å²) in [5, 5.41) is 20.0. The fourth-order valence-corrected chi connectivity index (χ4v) is 3.90. The van der Waals surface area contributed by atoms with Gasteiger partial charge in [0.1, 0.15) is 11.6 Å². The Hall–Kier alpha value is -3.37. The van der Waals surface area contributed by atoms with Crippen LogP contribution in [0.5, 0.6) is 0 Å². The Balaban J connectivity index is 1.61. The molecule has 4 rings (SSSR count). The van der Waals surface area contributed by atoms with Crippen molar-refractivity contribution in [3.05, 3.63) is 89.5 Å². The SMILES string of the molecule is O=C(NO)c1ccc(CN(c2ccc(-c3cc(F)cc(F)c3)cc2)C(O)N2CCOCC2)cc1. The molecule has 3 N–H and O–H groups in total. The summed E-state index contributed by atoms with van der Waals surface area (Å²) in [5.41, 5.74) is 4.50. The van der Waals surface area contributed by atoms with Crippen LogP contribution in [0.3, 0.4) is 0 Å². The minimum Gasteiger partial charge on any atom is -0.379 e. The van der Waals surface area contributed by atoms with Gasteiger partial charge in [0.25, 0.3) is 5.91 Å². The van der Waals surface area contributed by atoms with Gasteiger partial charge in [-0.05, 0) is 53.1 Å². The first-order valence-electron chi connectivity index (χ1n) is 10.8. The zero-order valence-electron chi connectivity index (χ0n) is 18.3. The minimum absolute atomic E-state index is 0.304. The van der Waals surface area contributed by atoms with Crippen LogP contribution in [-0.2, 0) is 11.3 Å². The minimum atomic E-state index is -0.943. The zero-order chi connectivity index (χ0) is 24.1. The molecule has 3 aromatic rings. The van der Waals surface area contributed by atoms with E-state index >= 15 is 0 Å². The van der Waals surface area contributed by atoms with E-state index in [9.17, 15) is 18.7 Å². The van der Waals surface area contributed by atoms with Gasteiger partial charge in [0.05, 0.1) is 13.2 Å². The largest absolute Gasteiger partial charge is 0.379 e. The molecule has 0 aliphatic carbocycles. The van der Waals surface area contributed by atoms with Crippen molar-refractivity contribution in [2.24, 2.45) is 0 Å². The molecule has 1 aliphatic rings. The van der Waals surface area contributed by atoms with E-state index in [0.717, 1.165) is 11.6 Å². The normalized spacial score (nSPS) is 15.1. The molecule has 9 heteroatoms. The second-order valence-electron chi connectivity index (χ2n) is 7.97. The highest BCUT2D eigenvalue weighted by molar-refractivity contribution is 5.93. The van der Waals surface area contributed by atoms with Crippen molar-refractivity contribution < 1.29 is 28.6 Å². The highest BCUT2D eigenvalue weighted by Crippen LogP contribution is 2.27. The number of hydrogen-bond donors (Lipinski definition) is 3. The first-order chi connectivity index (χ1) is 16.4. The Kier molecular flexibility index (Phi) is 7.49. The number of carbonyl (C=O) groups is 1. The predicted octanol–water partition coefficient (Wildman–Crippen LogP) is 3.37. The molecule has 0 aromatic heterocycles. The number of nitrogens with one attached hydrogen (secondary N) is 1. The molecule has 178 valence electrons. The van der Waals surface area contributed by atoms with E-state index in [-0.39, 0.29) is 0 Å². The standard InChI is InChI=1S/C25H25F2N3O4/c26-21-13-20(14-22(27)15-21)18-5-7-23(8-6-18)30(25(32)29-9-11-34-12-10-29)16-17-1-3-19(4-2-17)24(31)28-33/h1-8,13-15,25,32-33H,9-12,16H2,(H,28,31). The predicted molar refractivity (Wildman–Crippen MR) is 122 cm³/mol. The van der Waals surface area contributed by atoms with Crippen molar-refractivity contribution in [1.29, 1.82) is 0 Å². The van der Waals surface area contributed by atoms with E-state index < -0.39 is 23.9 Å². The van der Waals surface area contributed by atoms with E-state index in [1.807, 2.05) is 4.90 Å². The first-order valence-corrected chi connectivity index (χ1v) is 10.8. The second-order valence-corrected chi connectivity index (χ2v) is 7.97. The summed E-state index contributed by atoms with van der Waals surface area (Å²) in [5.74, 6) is -1.91. The third-order valence-electron chi connectivity index (χ3n) is 5.72. The van der Waals surface area contributed by atoms with E-state index in [0.29, 0.717) is 55.2 Å². The number of anilines is 1. The molecule has 3 aromatic carbocycles. The highest BCUT2D eigenvalue weighted by Gasteiger charge is 2.25. The number of halogens is 2. The van der Waals surface area contributed by atoms with Crippen LogP contribution in [0, 0.1) is 11.6 Å². The Morgan fingerprint density at radius 3 is 2.18 bits per heavy atom. The van der Waals surface area contributed by atoms with Gasteiger partial charge in [-0.25, -0.2) is 14.3 Å². The van der Waals surface area contributed by atoms with Gasteiger partial charge in [0, 0.05) is 37.0 Å². The molecule has 1 aliphatic heterocycles. The topological polar surface area (TPSA) is 85.3 Å². The smallest absolute Gasteiger partial charge is 0.274 e. The molecule has 1 amide bonds. The van der Waals surface area contributed by atoms with Crippen molar-refractivity contribution in [3.8, 4) is 11.1 Å². The average Bonchev–Trinajstić information content (AvgIpc) is 2.87. The summed E-state index contributed by atoms with van der Waals surface area (Å²) >= 11 is 0. The lowest BCUT2D eigenvalue weighted by Crippen LogP contribution is -2.52. The molecule has 1 unspecified atom stereocenters. The third-order valence-corrected chi connectivity index (χ3v) is 5.72. The maximum Gasteiger partial charge on any atom is 0.274 e. The lowest BCUT2D eigenvalue weighted by Gasteiger charge is -2.39. The quantitative estimate of drug-likeness (QED) is 0.280. The number of hydroxylamine groups is 1. The summed E-state index contributed by atoms with van der Waals surface area (Å²) in [4.78, 5) is 15.3. The van der Waals surface area contributed by atoms with Gasteiger partial charge in [0.15, 0.2) is 6.35 Å². The van der Waals surface area contributed by atoms with Crippen LogP contribution >= 0.6 is 0 Å². The molecule has 1 fully saturated rings. The van der Waals surface area contributed by atoms with Crippen LogP contribution in [0.25, 0.3) is 11.1 Å². The van der Waals surface area contributed by atoms with Crippen LogP contribution in [0.2, 0.25) is 0 Å². The number of hydrogen-bond acceptors (Lipinski definition) is 6. The van der Waals surface area contributed by atoms with Gasteiger partial charge < -0.3 is 14.7 Å². The summed E-state index contributed by atoms with van der Waals surface area (Å²) in [6.45, 7) is 2.48. The molecule has 0 radical (unpaired) electrons. The number of benzene rings is 3. The molecular weight excluding hydrogens is 444 g/mol. The van der Waals surface area contributed by atoms with E-state index in [1.54, 1.807) is 58.9 Å². The van der Waals surface area contributed by atoms with Crippen LogP contribution in [0.15, 0.2) is 66.7 Å². The van der Waals surface area contributed by atoms with Gasteiger partial charge in [-0.2, -0.15) is 0 Å². The van der Waals surface area contributed by atoms with Crippen molar-refractivity contribution in [2.45, 2.75) is 12.9 Å². The lowest BCUT2D eigenvalue weighted by atomic mass is 10.0. The molecular formula is C25H25F2N3O4. The Bertz CT molecular complexity index is 1100. The van der Waals surface area contributed by atoms with Crippen LogP contribution in [0.1, 0.15) is 15.9 Å². The van der Waals surface area contributed by atoms with E-state index in [1.165, 1.54) is 12.1 Å². The highest BCUT2D eigenvalue weighted by atomic mass is 19.1. The van der Waals surface area contributed by atoms with Crippen LogP contribution < -0.4 is 10.4 Å². The summed E-state index contributed by atoms with van der Waals surface area (Å²) < 4.78 is 32.7. The fraction of sp³-hybridized carbons (Fsp3) is 0.240. The molecule has 0 bridgehead atoms. The second kappa shape index (κ2) is 10.7. The number of carbonyl (C=O) groups excluding carboxylic acids is 1. The van der Waals surface area contributed by atoms with E-state index in [2.05, 4.69) is 0 Å². The summed E-state index contributed by atoms with van der Waals surface area (Å²) in [6.07, 6.45) is -0.943. The number of nitrogens with zero attached hydrogens (tertiary/aromatic N) is 2. The lowest BCUT2D eigenvalue weighted by molar-refractivity contribution is -0.0597. The molecule has 0 spiro atoms. The maximum atomic E-state index is 13.6. The van der Waals surface area contributed by atoms with Crippen LogP contribution in [-0.4, -0.2) is 53.8 Å². The number of aliphatic hydroxyl groups is 1.